The SMILES string of the molecule is CN=C(NCc1ccnc(N2CCOC(C)C2)c1)NCC1(c2cccc(Cl)c2)CC1.I. The normalized spacial score (nSPS) is 20.0. The first kappa shape index (κ1) is 24.1. The van der Waals surface area contributed by atoms with Crippen LogP contribution < -0.4 is 15.5 Å². The van der Waals surface area contributed by atoms with E-state index >= 15 is 0 Å². The van der Waals surface area contributed by atoms with Crippen molar-refractivity contribution < 1.29 is 4.74 Å². The molecule has 6 nitrogen and oxygen atoms in total. The molecule has 2 aliphatic rings. The Labute approximate surface area is 206 Å². The molecule has 1 atom stereocenters. The average Bonchev–Trinajstić information content (AvgIpc) is 3.55. The minimum absolute atomic E-state index is 0. The zero-order valence-electron chi connectivity index (χ0n) is 18.1. The molecule has 0 spiro atoms. The van der Waals surface area contributed by atoms with Crippen molar-refractivity contribution in [3.8, 4) is 0 Å². The van der Waals surface area contributed by atoms with Crippen LogP contribution in [0.3, 0.4) is 0 Å². The lowest BCUT2D eigenvalue weighted by molar-refractivity contribution is 0.0529. The van der Waals surface area contributed by atoms with Crippen molar-refractivity contribution in [3.63, 3.8) is 0 Å². The molecule has 1 aromatic carbocycles. The lowest BCUT2D eigenvalue weighted by Crippen LogP contribution is -2.42. The van der Waals surface area contributed by atoms with E-state index < -0.39 is 0 Å². The third kappa shape index (κ3) is 6.23. The number of benzene rings is 1. The van der Waals surface area contributed by atoms with Gasteiger partial charge in [0.15, 0.2) is 5.96 Å². The number of hydrogen-bond acceptors (Lipinski definition) is 4. The molecule has 1 saturated heterocycles. The molecule has 2 heterocycles. The van der Waals surface area contributed by atoms with E-state index in [2.05, 4.69) is 50.6 Å². The standard InChI is InChI=1S/C23H30ClN5O.HI/c1-17-15-29(10-11-30-17)21-12-18(6-9-26-21)14-27-22(25-2)28-16-23(7-8-23)19-4-3-5-20(24)13-19;/h3-6,9,12-13,17H,7-8,10-11,14-16H2,1-2H3,(H2,25,27,28);1H. The van der Waals surface area contributed by atoms with Gasteiger partial charge in [0.2, 0.25) is 0 Å². The second-order valence-electron chi connectivity index (χ2n) is 8.22. The summed E-state index contributed by atoms with van der Waals surface area (Å²) in [6.45, 7) is 6.14. The van der Waals surface area contributed by atoms with Crippen LogP contribution in [0.4, 0.5) is 5.82 Å². The molecular weight excluding hydrogens is 525 g/mol. The molecular formula is C23H31ClIN5O. The number of rotatable bonds is 6. The maximum atomic E-state index is 6.19. The van der Waals surface area contributed by atoms with Crippen molar-refractivity contribution in [1.82, 2.24) is 15.6 Å². The molecule has 1 aromatic heterocycles. The van der Waals surface area contributed by atoms with Crippen LogP contribution in [-0.2, 0) is 16.7 Å². The van der Waals surface area contributed by atoms with Gasteiger partial charge in [0.25, 0.3) is 0 Å². The Morgan fingerprint density at radius 1 is 1.29 bits per heavy atom. The van der Waals surface area contributed by atoms with Gasteiger partial charge in [0.05, 0.1) is 12.7 Å². The smallest absolute Gasteiger partial charge is 0.191 e. The van der Waals surface area contributed by atoms with Gasteiger partial charge < -0.3 is 20.3 Å². The summed E-state index contributed by atoms with van der Waals surface area (Å²) < 4.78 is 5.64. The van der Waals surface area contributed by atoms with Crippen LogP contribution in [0.1, 0.15) is 30.9 Å². The Hall–Kier alpha value is -1.58. The van der Waals surface area contributed by atoms with E-state index in [0.717, 1.165) is 43.0 Å². The molecule has 1 aliphatic carbocycles. The quantitative estimate of drug-likeness (QED) is 0.321. The second kappa shape index (κ2) is 10.8. The summed E-state index contributed by atoms with van der Waals surface area (Å²) in [5, 5.41) is 7.72. The monoisotopic (exact) mass is 555 g/mol. The molecule has 8 heteroatoms. The predicted molar refractivity (Wildman–Crippen MR) is 138 cm³/mol. The lowest BCUT2D eigenvalue weighted by Gasteiger charge is -2.32. The summed E-state index contributed by atoms with van der Waals surface area (Å²) in [5.74, 6) is 1.81. The number of pyridine rings is 1. The van der Waals surface area contributed by atoms with Gasteiger partial charge in [-0.05, 0) is 55.2 Å². The van der Waals surface area contributed by atoms with Crippen LogP contribution in [-0.4, -0.2) is 50.3 Å². The van der Waals surface area contributed by atoms with Gasteiger partial charge in [-0.3, -0.25) is 4.99 Å². The summed E-state index contributed by atoms with van der Waals surface area (Å²) in [6.07, 6.45) is 4.45. The maximum absolute atomic E-state index is 6.19. The molecule has 1 unspecified atom stereocenters. The minimum atomic E-state index is 0. The van der Waals surface area contributed by atoms with E-state index in [9.17, 15) is 0 Å². The van der Waals surface area contributed by atoms with Crippen molar-refractivity contribution >= 4 is 47.4 Å². The third-order valence-electron chi connectivity index (χ3n) is 5.94. The van der Waals surface area contributed by atoms with Gasteiger partial charge >= 0.3 is 0 Å². The third-order valence-corrected chi connectivity index (χ3v) is 6.18. The minimum Gasteiger partial charge on any atom is -0.375 e. The summed E-state index contributed by atoms with van der Waals surface area (Å²) in [6, 6.07) is 12.4. The van der Waals surface area contributed by atoms with Crippen LogP contribution in [0.25, 0.3) is 0 Å². The number of aliphatic imine (C=N–C) groups is 1. The fourth-order valence-electron chi connectivity index (χ4n) is 3.97. The molecule has 2 N–H and O–H groups in total. The first-order chi connectivity index (χ1) is 14.6. The van der Waals surface area contributed by atoms with E-state index in [1.165, 1.54) is 24.0 Å². The fourth-order valence-corrected chi connectivity index (χ4v) is 4.16. The first-order valence-electron chi connectivity index (χ1n) is 10.6. The van der Waals surface area contributed by atoms with E-state index in [0.29, 0.717) is 6.54 Å². The number of nitrogens with zero attached hydrogens (tertiary/aromatic N) is 3. The van der Waals surface area contributed by atoms with Crippen LogP contribution in [0, 0.1) is 0 Å². The number of guanidine groups is 1. The van der Waals surface area contributed by atoms with Crippen LogP contribution in [0.15, 0.2) is 47.6 Å². The number of halogens is 2. The van der Waals surface area contributed by atoms with E-state index in [-0.39, 0.29) is 35.5 Å². The van der Waals surface area contributed by atoms with Crippen molar-refractivity contribution in [1.29, 1.82) is 0 Å². The molecule has 2 fully saturated rings. The Morgan fingerprint density at radius 2 is 2.13 bits per heavy atom. The Bertz CT molecular complexity index is 905. The van der Waals surface area contributed by atoms with E-state index in [1.807, 2.05) is 24.4 Å². The van der Waals surface area contributed by atoms with Crippen LogP contribution in [0.5, 0.6) is 0 Å². The summed E-state index contributed by atoms with van der Waals surface area (Å²) in [7, 11) is 1.81. The highest BCUT2D eigenvalue weighted by atomic mass is 127. The maximum Gasteiger partial charge on any atom is 0.191 e. The largest absolute Gasteiger partial charge is 0.375 e. The van der Waals surface area contributed by atoms with Crippen LogP contribution >= 0.6 is 35.6 Å². The molecule has 1 saturated carbocycles. The molecule has 1 aliphatic heterocycles. The highest BCUT2D eigenvalue weighted by Crippen LogP contribution is 2.48. The fraction of sp³-hybridized carbons (Fsp3) is 0.478. The van der Waals surface area contributed by atoms with E-state index in [4.69, 9.17) is 16.3 Å². The summed E-state index contributed by atoms with van der Waals surface area (Å²) in [5.41, 5.74) is 2.65. The zero-order chi connectivity index (χ0) is 21.0. The summed E-state index contributed by atoms with van der Waals surface area (Å²) >= 11 is 6.19. The molecule has 0 bridgehead atoms. The number of nitrogens with one attached hydrogen (secondary N) is 2. The average molecular weight is 556 g/mol. The Kier molecular flexibility index (Phi) is 8.41. The number of anilines is 1. The van der Waals surface area contributed by atoms with Gasteiger partial charge in [-0.15, -0.1) is 24.0 Å². The van der Waals surface area contributed by atoms with Crippen LogP contribution in [0.2, 0.25) is 5.02 Å². The zero-order valence-corrected chi connectivity index (χ0v) is 21.2. The number of hydrogen-bond donors (Lipinski definition) is 2. The predicted octanol–water partition coefficient (Wildman–Crippen LogP) is 3.97. The van der Waals surface area contributed by atoms with Gasteiger partial charge in [0, 0.05) is 49.9 Å². The Morgan fingerprint density at radius 3 is 2.84 bits per heavy atom. The van der Waals surface area contributed by atoms with Crippen molar-refractivity contribution in [2.24, 2.45) is 4.99 Å². The molecule has 31 heavy (non-hydrogen) atoms. The number of aromatic nitrogens is 1. The summed E-state index contributed by atoms with van der Waals surface area (Å²) in [4.78, 5) is 11.2. The molecule has 168 valence electrons. The molecule has 0 amide bonds. The van der Waals surface area contributed by atoms with Crippen molar-refractivity contribution in [2.75, 3.05) is 38.2 Å². The lowest BCUT2D eigenvalue weighted by atomic mass is 9.96. The molecule has 0 radical (unpaired) electrons. The van der Waals surface area contributed by atoms with Gasteiger partial charge in [-0.2, -0.15) is 0 Å². The van der Waals surface area contributed by atoms with Gasteiger partial charge in [-0.1, -0.05) is 23.7 Å². The Balaban J connectivity index is 0.00000272. The van der Waals surface area contributed by atoms with E-state index in [1.54, 1.807) is 7.05 Å². The first-order valence-corrected chi connectivity index (χ1v) is 11.0. The highest BCUT2D eigenvalue weighted by molar-refractivity contribution is 14.0. The van der Waals surface area contributed by atoms with Gasteiger partial charge in [-0.25, -0.2) is 4.98 Å². The number of morpholine rings is 1. The molecule has 2 aromatic rings. The highest BCUT2D eigenvalue weighted by Gasteiger charge is 2.44. The van der Waals surface area contributed by atoms with Gasteiger partial charge in [0.1, 0.15) is 5.82 Å². The molecule has 4 rings (SSSR count). The van der Waals surface area contributed by atoms with Crippen molar-refractivity contribution in [2.45, 2.75) is 37.8 Å². The number of ether oxygens (including phenoxy) is 1. The van der Waals surface area contributed by atoms with Crippen molar-refractivity contribution in [3.05, 3.63) is 58.7 Å². The topological polar surface area (TPSA) is 61.8 Å². The second-order valence-corrected chi connectivity index (χ2v) is 8.66.